The highest BCUT2D eigenvalue weighted by molar-refractivity contribution is 6.09. The largest absolute Gasteiger partial charge is 0.494 e. The van der Waals surface area contributed by atoms with Gasteiger partial charge in [-0.05, 0) is 43.7 Å². The summed E-state index contributed by atoms with van der Waals surface area (Å²) in [4.78, 5) is 26.3. The van der Waals surface area contributed by atoms with E-state index in [4.69, 9.17) is 4.74 Å². The molecule has 0 bridgehead atoms. The maximum atomic E-state index is 12.5. The predicted octanol–water partition coefficient (Wildman–Crippen LogP) is 2.67. The Balaban J connectivity index is 1.92. The molecule has 0 unspecified atom stereocenters. The first-order chi connectivity index (χ1) is 11.6. The van der Waals surface area contributed by atoms with Crippen molar-refractivity contribution in [1.82, 2.24) is 5.32 Å². The van der Waals surface area contributed by atoms with E-state index in [1.165, 1.54) is 0 Å². The van der Waals surface area contributed by atoms with Gasteiger partial charge in [-0.3, -0.25) is 9.59 Å². The van der Waals surface area contributed by atoms with E-state index in [9.17, 15) is 9.59 Å². The number of ether oxygens (including phenoxy) is 1. The summed E-state index contributed by atoms with van der Waals surface area (Å²) in [6.07, 6.45) is 0. The van der Waals surface area contributed by atoms with Crippen LogP contribution in [0, 0.1) is 6.92 Å². The molecule has 0 atom stereocenters. The molecule has 24 heavy (non-hydrogen) atoms. The third kappa shape index (κ3) is 3.25. The zero-order valence-electron chi connectivity index (χ0n) is 13.8. The fourth-order valence-corrected chi connectivity index (χ4v) is 2.76. The molecule has 2 aromatic carbocycles. The predicted molar refractivity (Wildman–Crippen MR) is 92.3 cm³/mol. The molecule has 0 aliphatic carbocycles. The Morgan fingerprint density at radius 3 is 2.58 bits per heavy atom. The van der Waals surface area contributed by atoms with Crippen LogP contribution < -0.4 is 15.0 Å². The molecule has 1 aliphatic heterocycles. The van der Waals surface area contributed by atoms with Gasteiger partial charge in [-0.2, -0.15) is 0 Å². The lowest BCUT2D eigenvalue weighted by Gasteiger charge is -2.22. The highest BCUT2D eigenvalue weighted by Gasteiger charge is 2.26. The van der Waals surface area contributed by atoms with Gasteiger partial charge < -0.3 is 15.0 Å². The van der Waals surface area contributed by atoms with E-state index in [1.807, 2.05) is 56.3 Å². The zero-order valence-corrected chi connectivity index (χ0v) is 13.8. The number of nitrogens with one attached hydrogen (secondary N) is 1. The number of hydrogen-bond donors (Lipinski definition) is 1. The van der Waals surface area contributed by atoms with Crippen LogP contribution in [-0.2, 0) is 11.3 Å². The van der Waals surface area contributed by atoms with Gasteiger partial charge in [-0.15, -0.1) is 0 Å². The van der Waals surface area contributed by atoms with E-state index in [1.54, 1.807) is 4.90 Å². The Kier molecular flexibility index (Phi) is 4.51. The number of anilines is 1. The van der Waals surface area contributed by atoms with Crippen LogP contribution in [0.2, 0.25) is 0 Å². The van der Waals surface area contributed by atoms with Crippen molar-refractivity contribution in [3.8, 4) is 5.75 Å². The molecule has 0 saturated heterocycles. The van der Waals surface area contributed by atoms with E-state index < -0.39 is 0 Å². The van der Waals surface area contributed by atoms with Gasteiger partial charge in [0, 0.05) is 0 Å². The highest BCUT2D eigenvalue weighted by atomic mass is 16.5. The van der Waals surface area contributed by atoms with E-state index >= 15 is 0 Å². The molecule has 2 amide bonds. The first-order valence-electron chi connectivity index (χ1n) is 7.99. The molecule has 0 aromatic heterocycles. The van der Waals surface area contributed by atoms with Crippen LogP contribution in [0.1, 0.15) is 28.4 Å². The fourth-order valence-electron chi connectivity index (χ4n) is 2.76. The lowest BCUT2D eigenvalue weighted by Crippen LogP contribution is -2.36. The Morgan fingerprint density at radius 2 is 1.88 bits per heavy atom. The van der Waals surface area contributed by atoms with Crippen LogP contribution in [0.5, 0.6) is 5.75 Å². The number of nitrogens with zero attached hydrogens (tertiary/aromatic N) is 1. The van der Waals surface area contributed by atoms with Crippen LogP contribution in [-0.4, -0.2) is 25.0 Å². The minimum Gasteiger partial charge on any atom is -0.494 e. The normalized spacial score (nSPS) is 14.0. The van der Waals surface area contributed by atoms with Crippen molar-refractivity contribution in [2.24, 2.45) is 0 Å². The minimum absolute atomic E-state index is 0.00356. The standard InChI is InChI=1S/C19H20N2O3/c1-3-24-15-7-5-14(6-8-15)12-21-17-9-4-13(2)10-16(17)19(23)20-11-18(21)22/h4-10H,3,11-12H2,1-2H3,(H,20,23). The van der Waals surface area contributed by atoms with Crippen LogP contribution in [0.4, 0.5) is 5.69 Å². The Bertz CT molecular complexity index is 769. The second kappa shape index (κ2) is 6.74. The van der Waals surface area contributed by atoms with E-state index in [0.29, 0.717) is 24.4 Å². The van der Waals surface area contributed by atoms with Crippen molar-refractivity contribution in [1.29, 1.82) is 0 Å². The van der Waals surface area contributed by atoms with Crippen molar-refractivity contribution in [3.63, 3.8) is 0 Å². The van der Waals surface area contributed by atoms with Gasteiger partial charge in [0.1, 0.15) is 5.75 Å². The van der Waals surface area contributed by atoms with Crippen molar-refractivity contribution >= 4 is 17.5 Å². The van der Waals surface area contributed by atoms with Crippen molar-refractivity contribution in [3.05, 3.63) is 59.2 Å². The Morgan fingerprint density at radius 1 is 1.12 bits per heavy atom. The smallest absolute Gasteiger partial charge is 0.253 e. The molecule has 5 nitrogen and oxygen atoms in total. The highest BCUT2D eigenvalue weighted by Crippen LogP contribution is 2.26. The van der Waals surface area contributed by atoms with Gasteiger partial charge in [0.25, 0.3) is 5.91 Å². The number of fused-ring (bicyclic) bond motifs is 1. The van der Waals surface area contributed by atoms with Crippen LogP contribution >= 0.6 is 0 Å². The van der Waals surface area contributed by atoms with E-state index in [0.717, 1.165) is 16.9 Å². The molecular weight excluding hydrogens is 304 g/mol. The van der Waals surface area contributed by atoms with Gasteiger partial charge in [-0.1, -0.05) is 23.8 Å². The fraction of sp³-hybridized carbons (Fsp3) is 0.263. The number of amides is 2. The van der Waals surface area contributed by atoms with Crippen LogP contribution in [0.25, 0.3) is 0 Å². The van der Waals surface area contributed by atoms with Crippen molar-refractivity contribution in [2.45, 2.75) is 20.4 Å². The third-order valence-electron chi connectivity index (χ3n) is 3.96. The molecule has 1 N–H and O–H groups in total. The number of rotatable bonds is 4. The average Bonchev–Trinajstić information content (AvgIpc) is 2.69. The number of carbonyl (C=O) groups excluding carboxylic acids is 2. The molecule has 0 radical (unpaired) electrons. The molecule has 0 spiro atoms. The summed E-state index contributed by atoms with van der Waals surface area (Å²) >= 11 is 0. The summed E-state index contributed by atoms with van der Waals surface area (Å²) in [7, 11) is 0. The zero-order chi connectivity index (χ0) is 17.1. The third-order valence-corrected chi connectivity index (χ3v) is 3.96. The van der Waals surface area contributed by atoms with Gasteiger partial charge in [-0.25, -0.2) is 0 Å². The minimum atomic E-state index is -0.212. The van der Waals surface area contributed by atoms with Crippen LogP contribution in [0.15, 0.2) is 42.5 Å². The number of carbonyl (C=O) groups is 2. The van der Waals surface area contributed by atoms with Crippen molar-refractivity contribution < 1.29 is 14.3 Å². The maximum absolute atomic E-state index is 12.5. The molecular formula is C19H20N2O3. The lowest BCUT2D eigenvalue weighted by atomic mass is 10.1. The number of hydrogen-bond acceptors (Lipinski definition) is 3. The maximum Gasteiger partial charge on any atom is 0.253 e. The Hall–Kier alpha value is -2.82. The summed E-state index contributed by atoms with van der Waals surface area (Å²) in [6.45, 7) is 4.90. The van der Waals surface area contributed by atoms with Crippen molar-refractivity contribution in [2.75, 3.05) is 18.1 Å². The molecule has 1 aliphatic rings. The first kappa shape index (κ1) is 16.1. The van der Waals surface area contributed by atoms with Gasteiger partial charge >= 0.3 is 0 Å². The molecule has 0 fully saturated rings. The summed E-state index contributed by atoms with van der Waals surface area (Å²) in [5, 5.41) is 2.67. The first-order valence-corrected chi connectivity index (χ1v) is 7.99. The summed E-state index contributed by atoms with van der Waals surface area (Å²) in [6, 6.07) is 13.2. The summed E-state index contributed by atoms with van der Waals surface area (Å²) in [5.74, 6) is 0.465. The summed E-state index contributed by atoms with van der Waals surface area (Å²) < 4.78 is 5.44. The van der Waals surface area contributed by atoms with Gasteiger partial charge in [0.15, 0.2) is 0 Å². The number of benzene rings is 2. The molecule has 124 valence electrons. The van der Waals surface area contributed by atoms with E-state index in [-0.39, 0.29) is 18.4 Å². The second-order valence-corrected chi connectivity index (χ2v) is 5.76. The second-order valence-electron chi connectivity index (χ2n) is 5.76. The molecule has 0 saturated carbocycles. The lowest BCUT2D eigenvalue weighted by molar-refractivity contribution is -0.117. The SMILES string of the molecule is CCOc1ccc(CN2C(=O)CNC(=O)c3cc(C)ccc32)cc1. The van der Waals surface area contributed by atoms with Crippen LogP contribution in [0.3, 0.4) is 0 Å². The molecule has 5 heteroatoms. The molecule has 2 aromatic rings. The topological polar surface area (TPSA) is 58.6 Å². The van der Waals surface area contributed by atoms with E-state index in [2.05, 4.69) is 5.32 Å². The molecule has 3 rings (SSSR count). The van der Waals surface area contributed by atoms with Gasteiger partial charge in [0.05, 0.1) is 30.9 Å². The average molecular weight is 324 g/mol. The monoisotopic (exact) mass is 324 g/mol. The quantitative estimate of drug-likeness (QED) is 0.940. The Labute approximate surface area is 141 Å². The molecule has 1 heterocycles. The number of aryl methyl sites for hydroxylation is 1. The van der Waals surface area contributed by atoms with Gasteiger partial charge in [0.2, 0.25) is 5.91 Å². The summed E-state index contributed by atoms with van der Waals surface area (Å²) in [5.41, 5.74) is 3.15.